The summed E-state index contributed by atoms with van der Waals surface area (Å²) < 4.78 is 10.1. The maximum absolute atomic E-state index is 12.9. The Morgan fingerprint density at radius 2 is 1.97 bits per heavy atom. The highest BCUT2D eigenvalue weighted by Crippen LogP contribution is 2.34. The van der Waals surface area contributed by atoms with Crippen molar-refractivity contribution in [3.8, 4) is 17.2 Å². The smallest absolute Gasteiger partial charge is 0.341 e. The minimum absolute atomic E-state index is 0.0229. The van der Waals surface area contributed by atoms with Gasteiger partial charge in [-0.1, -0.05) is 12.1 Å². The molecule has 1 heterocycles. The summed E-state index contributed by atoms with van der Waals surface area (Å²) in [6, 6.07) is 6.53. The van der Waals surface area contributed by atoms with Gasteiger partial charge in [-0.2, -0.15) is 5.26 Å². The van der Waals surface area contributed by atoms with Gasteiger partial charge in [0.15, 0.2) is 5.69 Å². The van der Waals surface area contributed by atoms with Gasteiger partial charge in [-0.3, -0.25) is 14.9 Å². The zero-order valence-corrected chi connectivity index (χ0v) is 16.7. The third-order valence-corrected chi connectivity index (χ3v) is 3.90. The van der Waals surface area contributed by atoms with Crippen molar-refractivity contribution in [1.82, 2.24) is 4.98 Å². The molecule has 1 aromatic carbocycles. The molecule has 0 aliphatic carbocycles. The molecule has 0 atom stereocenters. The Morgan fingerprint density at radius 1 is 1.29 bits per heavy atom. The van der Waals surface area contributed by atoms with Crippen LogP contribution in [0.5, 0.6) is 0 Å². The predicted octanol–water partition coefficient (Wildman–Crippen LogP) is 2.85. The van der Waals surface area contributed by atoms with Gasteiger partial charge in [0.05, 0.1) is 22.3 Å². The Morgan fingerprint density at radius 3 is 2.48 bits per heavy atom. The van der Waals surface area contributed by atoms with Crippen LogP contribution in [0.25, 0.3) is 11.1 Å². The molecule has 2 aromatic rings. The number of pyridine rings is 1. The van der Waals surface area contributed by atoms with E-state index in [0.29, 0.717) is 0 Å². The summed E-state index contributed by atoms with van der Waals surface area (Å²) >= 11 is 0. The minimum atomic E-state index is -1.58. The Bertz CT molecular complexity index is 1120. The molecule has 1 aromatic heterocycles. The molecule has 0 unspecified atom stereocenters. The molecule has 11 nitrogen and oxygen atoms in total. The van der Waals surface area contributed by atoms with Crippen molar-refractivity contribution in [3.63, 3.8) is 0 Å². The van der Waals surface area contributed by atoms with Crippen LogP contribution < -0.4 is 0 Å². The van der Waals surface area contributed by atoms with Gasteiger partial charge in [0, 0.05) is 24.6 Å². The number of nitrogens with zero attached hydrogens (tertiary/aromatic N) is 3. The number of nitro benzene ring substituents is 1. The fourth-order valence-electron chi connectivity index (χ4n) is 2.75. The van der Waals surface area contributed by atoms with E-state index in [2.05, 4.69) is 4.98 Å². The van der Waals surface area contributed by atoms with Crippen LogP contribution in [0.3, 0.4) is 0 Å². The van der Waals surface area contributed by atoms with Crippen LogP contribution in [-0.2, 0) is 20.9 Å². The van der Waals surface area contributed by atoms with Crippen LogP contribution in [0, 0.1) is 21.4 Å². The maximum atomic E-state index is 12.9. The van der Waals surface area contributed by atoms with Gasteiger partial charge in [-0.25, -0.2) is 14.6 Å². The second kappa shape index (κ2) is 9.45. The lowest BCUT2D eigenvalue weighted by Crippen LogP contribution is -2.20. The van der Waals surface area contributed by atoms with E-state index in [1.807, 2.05) is 0 Å². The Balaban J connectivity index is 2.98. The summed E-state index contributed by atoms with van der Waals surface area (Å²) in [6.45, 7) is 3.69. The normalized spacial score (nSPS) is 10.3. The number of hydrogen-bond acceptors (Lipinski definition) is 9. The van der Waals surface area contributed by atoms with Gasteiger partial charge in [0.2, 0.25) is 0 Å². The van der Waals surface area contributed by atoms with Crippen LogP contribution >= 0.6 is 0 Å². The number of aromatic carboxylic acids is 1. The number of non-ortho nitro benzene ring substituents is 1. The van der Waals surface area contributed by atoms with Crippen molar-refractivity contribution in [1.29, 1.82) is 5.26 Å². The molecule has 0 saturated heterocycles. The Kier molecular flexibility index (Phi) is 6.99. The van der Waals surface area contributed by atoms with Crippen LogP contribution in [0.2, 0.25) is 0 Å². The third kappa shape index (κ3) is 5.18. The van der Waals surface area contributed by atoms with Crippen molar-refractivity contribution >= 4 is 23.6 Å². The first-order valence-corrected chi connectivity index (χ1v) is 8.86. The maximum Gasteiger partial charge on any atom is 0.341 e. The summed E-state index contributed by atoms with van der Waals surface area (Å²) in [6.07, 6.45) is -0.601. The van der Waals surface area contributed by atoms with E-state index in [1.165, 1.54) is 18.2 Å². The number of carbonyl (C=O) groups is 3. The number of carboxylic acids is 1. The molecule has 0 radical (unpaired) electrons. The standard InChI is InChI=1S/C20H17N3O8/c1-10(2)31-20(27)18-15(9-30-11(3)24)22-14(8-21)17(19(25)26)16(18)12-5-4-6-13(7-12)23(28)29/h4-7,10H,9H2,1-3H3,(H,25,26). The molecule has 0 saturated carbocycles. The molecule has 160 valence electrons. The van der Waals surface area contributed by atoms with E-state index in [1.54, 1.807) is 19.9 Å². The summed E-state index contributed by atoms with van der Waals surface area (Å²) in [7, 11) is 0. The fourth-order valence-corrected chi connectivity index (χ4v) is 2.75. The highest BCUT2D eigenvalue weighted by molar-refractivity contribution is 6.07. The molecule has 0 aliphatic rings. The molecule has 1 N–H and O–H groups in total. The van der Waals surface area contributed by atoms with Crippen LogP contribution in [0.1, 0.15) is 52.9 Å². The first-order valence-electron chi connectivity index (χ1n) is 8.86. The summed E-state index contributed by atoms with van der Waals surface area (Å²) in [5.41, 5.74) is -2.46. The van der Waals surface area contributed by atoms with E-state index in [-0.39, 0.29) is 28.1 Å². The molecule has 0 amide bonds. The summed E-state index contributed by atoms with van der Waals surface area (Å²) in [5.74, 6) is -3.27. The Hall–Kier alpha value is -4.33. The third-order valence-electron chi connectivity index (χ3n) is 3.90. The number of aromatic nitrogens is 1. The van der Waals surface area contributed by atoms with E-state index in [9.17, 15) is 34.9 Å². The Labute approximate surface area is 176 Å². The van der Waals surface area contributed by atoms with Gasteiger partial charge in [0.25, 0.3) is 5.69 Å². The molecular weight excluding hydrogens is 410 g/mol. The minimum Gasteiger partial charge on any atom is -0.478 e. The van der Waals surface area contributed by atoms with Crippen molar-refractivity contribution in [2.45, 2.75) is 33.5 Å². The molecule has 0 fully saturated rings. The van der Waals surface area contributed by atoms with Gasteiger partial charge in [-0.05, 0) is 19.4 Å². The summed E-state index contributed by atoms with van der Waals surface area (Å²) in [5, 5.41) is 30.4. The number of esters is 2. The lowest BCUT2D eigenvalue weighted by atomic mass is 9.92. The highest BCUT2D eigenvalue weighted by atomic mass is 16.6. The number of nitriles is 1. The van der Waals surface area contributed by atoms with Crippen molar-refractivity contribution in [2.75, 3.05) is 0 Å². The average molecular weight is 427 g/mol. The van der Waals surface area contributed by atoms with E-state index in [0.717, 1.165) is 13.0 Å². The molecule has 0 aliphatic heterocycles. The molecular formula is C20H17N3O8. The topological polar surface area (TPSA) is 170 Å². The van der Waals surface area contributed by atoms with Crippen molar-refractivity contribution in [3.05, 3.63) is 56.9 Å². The number of nitro groups is 1. The lowest BCUT2D eigenvalue weighted by Gasteiger charge is -2.18. The largest absolute Gasteiger partial charge is 0.478 e. The molecule has 31 heavy (non-hydrogen) atoms. The second-order valence-corrected chi connectivity index (χ2v) is 6.49. The van der Waals surface area contributed by atoms with Gasteiger partial charge in [0.1, 0.15) is 18.2 Å². The number of rotatable bonds is 7. The molecule has 11 heteroatoms. The lowest BCUT2D eigenvalue weighted by molar-refractivity contribution is -0.384. The summed E-state index contributed by atoms with van der Waals surface area (Å²) in [4.78, 5) is 50.6. The average Bonchev–Trinajstić information content (AvgIpc) is 2.70. The van der Waals surface area contributed by atoms with E-state index < -0.39 is 46.8 Å². The number of hydrogen-bond donors (Lipinski definition) is 1. The quantitative estimate of drug-likeness (QED) is 0.393. The molecule has 2 rings (SSSR count). The van der Waals surface area contributed by atoms with Gasteiger partial charge in [-0.15, -0.1) is 0 Å². The zero-order chi connectivity index (χ0) is 23.3. The zero-order valence-electron chi connectivity index (χ0n) is 16.7. The van der Waals surface area contributed by atoms with Gasteiger partial charge >= 0.3 is 17.9 Å². The number of carboxylic acid groups (broad SMARTS) is 1. The van der Waals surface area contributed by atoms with E-state index >= 15 is 0 Å². The number of benzene rings is 1. The number of carbonyl (C=O) groups excluding carboxylic acids is 2. The second-order valence-electron chi connectivity index (χ2n) is 6.49. The molecule has 0 spiro atoms. The number of ether oxygens (including phenoxy) is 2. The predicted molar refractivity (Wildman–Crippen MR) is 104 cm³/mol. The van der Waals surface area contributed by atoms with Crippen LogP contribution in [0.4, 0.5) is 5.69 Å². The first kappa shape index (κ1) is 23.0. The SMILES string of the molecule is CC(=O)OCc1nc(C#N)c(C(=O)O)c(-c2cccc([N+](=O)[O-])c2)c1C(=O)OC(C)C. The first-order chi connectivity index (χ1) is 14.6. The van der Waals surface area contributed by atoms with Crippen LogP contribution in [0.15, 0.2) is 24.3 Å². The van der Waals surface area contributed by atoms with Crippen molar-refractivity contribution < 1.29 is 33.9 Å². The fraction of sp³-hybridized carbons (Fsp3) is 0.250. The van der Waals surface area contributed by atoms with Gasteiger partial charge < -0.3 is 14.6 Å². The molecule has 0 bridgehead atoms. The van der Waals surface area contributed by atoms with Crippen LogP contribution in [-0.4, -0.2) is 39.0 Å². The van der Waals surface area contributed by atoms with Crippen molar-refractivity contribution in [2.24, 2.45) is 0 Å². The highest BCUT2D eigenvalue weighted by Gasteiger charge is 2.31. The monoisotopic (exact) mass is 427 g/mol. The van der Waals surface area contributed by atoms with E-state index in [4.69, 9.17) is 9.47 Å².